The third-order valence-corrected chi connectivity index (χ3v) is 3.48. The van der Waals surface area contributed by atoms with Crippen LogP contribution in [0.1, 0.15) is 15.6 Å². The Hall–Kier alpha value is -1.40. The average Bonchev–Trinajstić information content (AvgIpc) is 2.64. The van der Waals surface area contributed by atoms with Gasteiger partial charge in [0.2, 0.25) is 0 Å². The summed E-state index contributed by atoms with van der Waals surface area (Å²) < 4.78 is 0. The summed E-state index contributed by atoms with van der Waals surface area (Å²) in [6, 6.07) is -0.200. The van der Waals surface area contributed by atoms with Gasteiger partial charge in [0.15, 0.2) is 0 Å². The lowest BCUT2D eigenvalue weighted by Crippen LogP contribution is -2.41. The van der Waals surface area contributed by atoms with Crippen molar-refractivity contribution in [2.45, 2.75) is 20.4 Å². The first-order valence-electron chi connectivity index (χ1n) is 5.76. The lowest BCUT2D eigenvalue weighted by Gasteiger charge is -2.20. The Balaban J connectivity index is 2.53. The standard InChI is InChI=1S/C12H19N3O2S/c1-4-5-15(6-7-16)12(17)13-8-11-9(2)14-10(3)18-11/h4,16H,1,5-8H2,2-3H3,(H,13,17). The van der Waals surface area contributed by atoms with Crippen molar-refractivity contribution in [1.29, 1.82) is 0 Å². The van der Waals surface area contributed by atoms with Crippen molar-refractivity contribution < 1.29 is 9.90 Å². The van der Waals surface area contributed by atoms with E-state index in [2.05, 4.69) is 16.9 Å². The number of thiazole rings is 1. The highest BCUT2D eigenvalue weighted by atomic mass is 32.1. The second-order valence-corrected chi connectivity index (χ2v) is 5.15. The molecule has 0 saturated carbocycles. The van der Waals surface area contributed by atoms with E-state index in [1.807, 2.05) is 13.8 Å². The molecule has 0 bridgehead atoms. The summed E-state index contributed by atoms with van der Waals surface area (Å²) in [6.07, 6.45) is 1.64. The van der Waals surface area contributed by atoms with Crippen molar-refractivity contribution in [3.05, 3.63) is 28.2 Å². The molecule has 0 fully saturated rings. The van der Waals surface area contributed by atoms with Gasteiger partial charge >= 0.3 is 6.03 Å². The van der Waals surface area contributed by atoms with E-state index in [0.29, 0.717) is 19.6 Å². The van der Waals surface area contributed by atoms with Gasteiger partial charge in [0, 0.05) is 18.0 Å². The van der Waals surface area contributed by atoms with Gasteiger partial charge in [0.1, 0.15) is 0 Å². The van der Waals surface area contributed by atoms with Crippen molar-refractivity contribution in [2.24, 2.45) is 0 Å². The van der Waals surface area contributed by atoms with Crippen LogP contribution in [0.25, 0.3) is 0 Å². The molecule has 0 aliphatic carbocycles. The fourth-order valence-electron chi connectivity index (χ4n) is 1.56. The number of aliphatic hydroxyl groups is 1. The van der Waals surface area contributed by atoms with Crippen molar-refractivity contribution in [3.63, 3.8) is 0 Å². The number of hydrogen-bond donors (Lipinski definition) is 2. The number of carbonyl (C=O) groups excluding carboxylic acids is 1. The third-order valence-electron chi connectivity index (χ3n) is 2.41. The van der Waals surface area contributed by atoms with E-state index in [1.54, 1.807) is 17.4 Å². The highest BCUT2D eigenvalue weighted by molar-refractivity contribution is 7.11. The smallest absolute Gasteiger partial charge is 0.318 e. The fourth-order valence-corrected chi connectivity index (χ4v) is 2.43. The molecule has 1 aromatic rings. The van der Waals surface area contributed by atoms with Gasteiger partial charge in [-0.2, -0.15) is 0 Å². The van der Waals surface area contributed by atoms with Crippen LogP contribution in [0.4, 0.5) is 4.79 Å². The zero-order valence-corrected chi connectivity index (χ0v) is 11.6. The molecule has 0 aliphatic heterocycles. The van der Waals surface area contributed by atoms with Crippen molar-refractivity contribution in [1.82, 2.24) is 15.2 Å². The van der Waals surface area contributed by atoms with Crippen LogP contribution in [0.15, 0.2) is 12.7 Å². The molecule has 0 unspecified atom stereocenters. The SMILES string of the molecule is C=CCN(CCO)C(=O)NCc1sc(C)nc1C. The van der Waals surface area contributed by atoms with E-state index in [-0.39, 0.29) is 12.6 Å². The van der Waals surface area contributed by atoms with Gasteiger partial charge in [0.25, 0.3) is 0 Å². The Labute approximate surface area is 111 Å². The van der Waals surface area contributed by atoms with E-state index < -0.39 is 0 Å². The molecule has 100 valence electrons. The summed E-state index contributed by atoms with van der Waals surface area (Å²) in [6.45, 7) is 8.60. The molecule has 1 heterocycles. The highest BCUT2D eigenvalue weighted by Crippen LogP contribution is 2.16. The highest BCUT2D eigenvalue weighted by Gasteiger charge is 2.12. The molecule has 0 radical (unpaired) electrons. The molecule has 0 aromatic carbocycles. The van der Waals surface area contributed by atoms with Crippen LogP contribution in [0, 0.1) is 13.8 Å². The fraction of sp³-hybridized carbons (Fsp3) is 0.500. The first-order valence-corrected chi connectivity index (χ1v) is 6.57. The van der Waals surface area contributed by atoms with Crippen molar-refractivity contribution >= 4 is 17.4 Å². The first-order chi connectivity index (χ1) is 8.58. The van der Waals surface area contributed by atoms with Gasteiger partial charge < -0.3 is 15.3 Å². The Morgan fingerprint density at radius 1 is 1.61 bits per heavy atom. The van der Waals surface area contributed by atoms with Crippen LogP contribution in [0.3, 0.4) is 0 Å². The number of carbonyl (C=O) groups is 1. The number of urea groups is 1. The van der Waals surface area contributed by atoms with Gasteiger partial charge in [-0.15, -0.1) is 17.9 Å². The Kier molecular flexibility index (Phi) is 5.80. The van der Waals surface area contributed by atoms with Gasteiger partial charge in [0.05, 0.1) is 23.9 Å². The van der Waals surface area contributed by atoms with Crippen molar-refractivity contribution in [3.8, 4) is 0 Å². The van der Waals surface area contributed by atoms with Gasteiger partial charge in [-0.25, -0.2) is 9.78 Å². The average molecular weight is 269 g/mol. The van der Waals surface area contributed by atoms with Gasteiger partial charge in [-0.3, -0.25) is 0 Å². The minimum atomic E-state index is -0.200. The zero-order chi connectivity index (χ0) is 13.5. The van der Waals surface area contributed by atoms with E-state index in [9.17, 15) is 4.79 Å². The van der Waals surface area contributed by atoms with Crippen LogP contribution in [0.2, 0.25) is 0 Å². The van der Waals surface area contributed by atoms with Gasteiger partial charge in [-0.1, -0.05) is 6.08 Å². The van der Waals surface area contributed by atoms with Crippen LogP contribution < -0.4 is 5.32 Å². The summed E-state index contributed by atoms with van der Waals surface area (Å²) in [4.78, 5) is 18.7. The molecule has 0 saturated heterocycles. The van der Waals surface area contributed by atoms with Crippen molar-refractivity contribution in [2.75, 3.05) is 19.7 Å². The first kappa shape index (κ1) is 14.7. The second kappa shape index (κ2) is 7.13. The number of nitrogens with one attached hydrogen (secondary N) is 1. The lowest BCUT2D eigenvalue weighted by molar-refractivity contribution is 0.183. The second-order valence-electron chi connectivity index (χ2n) is 3.86. The number of amides is 2. The molecule has 2 amide bonds. The number of nitrogens with zero attached hydrogens (tertiary/aromatic N) is 2. The minimum absolute atomic E-state index is 0.0556. The molecule has 5 nitrogen and oxygen atoms in total. The van der Waals surface area contributed by atoms with E-state index in [1.165, 1.54) is 4.90 Å². The van der Waals surface area contributed by atoms with E-state index in [4.69, 9.17) is 5.11 Å². The molecule has 0 aliphatic rings. The van der Waals surface area contributed by atoms with Crippen LogP contribution in [-0.2, 0) is 6.54 Å². The normalized spacial score (nSPS) is 10.2. The monoisotopic (exact) mass is 269 g/mol. The summed E-state index contributed by atoms with van der Waals surface area (Å²) >= 11 is 1.58. The largest absolute Gasteiger partial charge is 0.395 e. The third kappa shape index (κ3) is 4.12. The Morgan fingerprint density at radius 2 is 2.33 bits per heavy atom. The summed E-state index contributed by atoms with van der Waals surface area (Å²) in [7, 11) is 0. The minimum Gasteiger partial charge on any atom is -0.395 e. The lowest BCUT2D eigenvalue weighted by atomic mass is 10.4. The molecule has 18 heavy (non-hydrogen) atoms. The predicted molar refractivity (Wildman–Crippen MR) is 72.7 cm³/mol. The van der Waals surface area contributed by atoms with Gasteiger partial charge in [-0.05, 0) is 13.8 Å². The maximum Gasteiger partial charge on any atom is 0.318 e. The Bertz CT molecular complexity index is 417. The molecular formula is C12H19N3O2S. The zero-order valence-electron chi connectivity index (χ0n) is 10.8. The number of rotatable bonds is 6. The topological polar surface area (TPSA) is 65.5 Å². The molecular weight excluding hydrogens is 250 g/mol. The Morgan fingerprint density at radius 3 is 2.83 bits per heavy atom. The quantitative estimate of drug-likeness (QED) is 0.768. The molecule has 0 atom stereocenters. The van der Waals surface area contributed by atoms with Crippen LogP contribution in [0.5, 0.6) is 0 Å². The summed E-state index contributed by atoms with van der Waals surface area (Å²) in [5.74, 6) is 0. The molecule has 6 heteroatoms. The molecule has 1 rings (SSSR count). The number of aromatic nitrogens is 1. The van der Waals surface area contributed by atoms with Crippen LogP contribution in [-0.4, -0.2) is 40.7 Å². The maximum absolute atomic E-state index is 11.9. The predicted octanol–water partition coefficient (Wildman–Crippen LogP) is 1.45. The maximum atomic E-state index is 11.9. The van der Waals surface area contributed by atoms with E-state index >= 15 is 0 Å². The van der Waals surface area contributed by atoms with Crippen LogP contribution >= 0.6 is 11.3 Å². The number of aryl methyl sites for hydroxylation is 2. The number of hydrogen-bond acceptors (Lipinski definition) is 4. The molecule has 0 spiro atoms. The molecule has 2 N–H and O–H groups in total. The van der Waals surface area contributed by atoms with E-state index in [0.717, 1.165) is 15.6 Å². The molecule has 1 aromatic heterocycles. The summed E-state index contributed by atoms with van der Waals surface area (Å²) in [5.41, 5.74) is 0.954. The number of aliphatic hydroxyl groups excluding tert-OH is 1. The summed E-state index contributed by atoms with van der Waals surface area (Å²) in [5, 5.41) is 12.7.